The van der Waals surface area contributed by atoms with E-state index in [1.54, 1.807) is 7.05 Å². The number of hydrogen-bond donors (Lipinski definition) is 1. The molecule has 0 radical (unpaired) electrons. The minimum Gasteiger partial charge on any atom is -0.352 e. The van der Waals surface area contributed by atoms with Gasteiger partial charge in [-0.05, 0) is 26.3 Å². The molecular formula is C22H32F3IN6. The van der Waals surface area contributed by atoms with Crippen LogP contribution in [0.1, 0.15) is 29.4 Å². The highest BCUT2D eigenvalue weighted by molar-refractivity contribution is 14.0. The van der Waals surface area contributed by atoms with Gasteiger partial charge in [-0.1, -0.05) is 30.3 Å². The molecule has 0 amide bonds. The van der Waals surface area contributed by atoms with Gasteiger partial charge in [0.05, 0.1) is 12.2 Å². The zero-order valence-corrected chi connectivity index (χ0v) is 21.3. The van der Waals surface area contributed by atoms with Crippen LogP contribution in [0.3, 0.4) is 0 Å². The van der Waals surface area contributed by atoms with E-state index in [4.69, 9.17) is 0 Å². The maximum absolute atomic E-state index is 13.0. The number of hydrogen-bond acceptors (Lipinski definition) is 3. The molecule has 6 nitrogen and oxygen atoms in total. The molecule has 1 atom stereocenters. The fourth-order valence-corrected chi connectivity index (χ4v) is 3.93. The normalized spacial score (nSPS) is 16.6. The largest absolute Gasteiger partial charge is 0.403 e. The Morgan fingerprint density at radius 2 is 1.75 bits per heavy atom. The Balaban J connectivity index is 0.00000363. The topological polar surface area (TPSA) is 48.7 Å². The number of alkyl halides is 3. The lowest BCUT2D eigenvalue weighted by molar-refractivity contribution is -0.181. The molecule has 1 aromatic heterocycles. The van der Waals surface area contributed by atoms with Crippen LogP contribution in [0.5, 0.6) is 0 Å². The average molecular weight is 564 g/mol. The van der Waals surface area contributed by atoms with Crippen molar-refractivity contribution in [3.8, 4) is 0 Å². The van der Waals surface area contributed by atoms with Crippen molar-refractivity contribution in [3.05, 3.63) is 52.8 Å². The highest BCUT2D eigenvalue weighted by Gasteiger charge is 2.41. The fourth-order valence-electron chi connectivity index (χ4n) is 3.93. The Kier molecular flexibility index (Phi) is 9.38. The van der Waals surface area contributed by atoms with E-state index >= 15 is 0 Å². The van der Waals surface area contributed by atoms with Crippen molar-refractivity contribution < 1.29 is 13.2 Å². The van der Waals surface area contributed by atoms with Crippen LogP contribution in [0.25, 0.3) is 0 Å². The van der Waals surface area contributed by atoms with Crippen molar-refractivity contribution >= 4 is 29.9 Å². The van der Waals surface area contributed by atoms with Crippen molar-refractivity contribution in [1.29, 1.82) is 0 Å². The average Bonchev–Trinajstić information content (AvgIpc) is 3.01. The molecule has 1 fully saturated rings. The summed E-state index contributed by atoms with van der Waals surface area (Å²) in [7, 11) is 1.70. The molecule has 32 heavy (non-hydrogen) atoms. The Labute approximate surface area is 204 Å². The molecule has 2 heterocycles. The molecule has 1 aliphatic rings. The van der Waals surface area contributed by atoms with E-state index in [0.29, 0.717) is 45.2 Å². The molecule has 0 saturated carbocycles. The van der Waals surface area contributed by atoms with Crippen molar-refractivity contribution in [2.45, 2.75) is 46.1 Å². The minimum atomic E-state index is -4.20. The van der Waals surface area contributed by atoms with Gasteiger partial charge in [0, 0.05) is 51.0 Å². The smallest absolute Gasteiger partial charge is 0.352 e. The Morgan fingerprint density at radius 3 is 2.31 bits per heavy atom. The highest BCUT2D eigenvalue weighted by atomic mass is 127. The van der Waals surface area contributed by atoms with Crippen LogP contribution < -0.4 is 5.32 Å². The Morgan fingerprint density at radius 1 is 1.12 bits per heavy atom. The number of nitrogens with zero attached hydrogens (tertiary/aromatic N) is 5. The summed E-state index contributed by atoms with van der Waals surface area (Å²) < 4.78 is 40.9. The monoisotopic (exact) mass is 564 g/mol. The summed E-state index contributed by atoms with van der Waals surface area (Å²) in [5, 5.41) is 8.05. The van der Waals surface area contributed by atoms with E-state index in [2.05, 4.69) is 34.5 Å². The number of aromatic nitrogens is 2. The molecule has 0 aliphatic carbocycles. The summed E-state index contributed by atoms with van der Waals surface area (Å²) in [6.07, 6.45) is -4.20. The van der Waals surface area contributed by atoms with Gasteiger partial charge >= 0.3 is 6.18 Å². The molecule has 0 spiro atoms. The number of guanidine groups is 1. The van der Waals surface area contributed by atoms with Gasteiger partial charge in [-0.15, -0.1) is 24.0 Å². The highest BCUT2D eigenvalue weighted by Crippen LogP contribution is 2.25. The molecule has 1 aliphatic heterocycles. The lowest BCUT2D eigenvalue weighted by Gasteiger charge is -2.39. The summed E-state index contributed by atoms with van der Waals surface area (Å²) in [4.78, 5) is 7.83. The first-order chi connectivity index (χ1) is 14.7. The molecule has 1 unspecified atom stereocenters. The summed E-state index contributed by atoms with van der Waals surface area (Å²) >= 11 is 0. The zero-order valence-electron chi connectivity index (χ0n) is 19.0. The summed E-state index contributed by atoms with van der Waals surface area (Å²) in [5.74, 6) is 0.703. The van der Waals surface area contributed by atoms with Gasteiger partial charge in [-0.3, -0.25) is 14.6 Å². The van der Waals surface area contributed by atoms with E-state index in [1.807, 2.05) is 34.7 Å². The van der Waals surface area contributed by atoms with Gasteiger partial charge in [-0.25, -0.2) is 0 Å². The lowest BCUT2D eigenvalue weighted by atomic mass is 10.2. The van der Waals surface area contributed by atoms with Crippen LogP contribution in [0.15, 0.2) is 35.3 Å². The van der Waals surface area contributed by atoms with Crippen LogP contribution in [0.4, 0.5) is 13.2 Å². The number of nitrogens with one attached hydrogen (secondary N) is 1. The van der Waals surface area contributed by atoms with Gasteiger partial charge in [0.15, 0.2) is 5.96 Å². The van der Waals surface area contributed by atoms with Crippen molar-refractivity contribution in [2.24, 2.45) is 4.99 Å². The number of piperazine rings is 1. The van der Waals surface area contributed by atoms with Crippen LogP contribution in [-0.2, 0) is 13.1 Å². The van der Waals surface area contributed by atoms with Gasteiger partial charge in [0.2, 0.25) is 0 Å². The predicted molar refractivity (Wildman–Crippen MR) is 132 cm³/mol. The summed E-state index contributed by atoms with van der Waals surface area (Å²) in [6.45, 7) is 8.27. The van der Waals surface area contributed by atoms with Crippen molar-refractivity contribution in [2.75, 3.05) is 33.2 Å². The first-order valence-electron chi connectivity index (χ1n) is 10.5. The standard InChI is InChI=1S/C22H31F3N6.HI/c1-16-20(17(2)31(28-16)15-19-8-6-5-7-9-19)14-27-21(26-4)30-12-10-29(11-13-30)18(3)22(23,24)25;/h5-9,18H,10-15H2,1-4H3,(H,26,27);1H. The van der Waals surface area contributed by atoms with E-state index in [9.17, 15) is 13.2 Å². The number of aliphatic imine (C=N–C) groups is 1. The van der Waals surface area contributed by atoms with Crippen molar-refractivity contribution in [1.82, 2.24) is 24.9 Å². The number of benzene rings is 1. The molecular weight excluding hydrogens is 532 g/mol. The van der Waals surface area contributed by atoms with E-state index in [0.717, 1.165) is 17.0 Å². The van der Waals surface area contributed by atoms with Gasteiger partial charge < -0.3 is 10.2 Å². The second-order valence-corrected chi connectivity index (χ2v) is 7.93. The van der Waals surface area contributed by atoms with Crippen LogP contribution in [0, 0.1) is 13.8 Å². The van der Waals surface area contributed by atoms with Crippen LogP contribution >= 0.6 is 24.0 Å². The quantitative estimate of drug-likeness (QED) is 0.341. The van der Waals surface area contributed by atoms with Gasteiger partial charge in [0.1, 0.15) is 6.04 Å². The molecule has 1 N–H and O–H groups in total. The van der Waals surface area contributed by atoms with E-state index < -0.39 is 12.2 Å². The third-order valence-electron chi connectivity index (χ3n) is 5.98. The summed E-state index contributed by atoms with van der Waals surface area (Å²) in [6, 6.07) is 8.76. The molecule has 178 valence electrons. The SMILES string of the molecule is CN=C(NCc1c(C)nn(Cc2ccccc2)c1C)N1CCN(C(C)C(F)(F)F)CC1.I. The molecule has 0 bridgehead atoms. The molecule has 1 saturated heterocycles. The molecule has 1 aromatic carbocycles. The van der Waals surface area contributed by atoms with Gasteiger partial charge in [-0.2, -0.15) is 18.3 Å². The van der Waals surface area contributed by atoms with Gasteiger partial charge in [0.25, 0.3) is 0 Å². The number of halogens is 4. The van der Waals surface area contributed by atoms with Crippen molar-refractivity contribution in [3.63, 3.8) is 0 Å². The van der Waals surface area contributed by atoms with E-state index in [1.165, 1.54) is 17.4 Å². The second kappa shape index (κ2) is 11.4. The Bertz CT molecular complexity index is 889. The Hall–Kier alpha value is -1.82. The number of aryl methyl sites for hydroxylation is 1. The zero-order chi connectivity index (χ0) is 22.6. The first-order valence-corrected chi connectivity index (χ1v) is 10.5. The lowest BCUT2D eigenvalue weighted by Crippen LogP contribution is -2.56. The maximum atomic E-state index is 13.0. The predicted octanol–water partition coefficient (Wildman–Crippen LogP) is 3.81. The van der Waals surface area contributed by atoms with E-state index in [-0.39, 0.29) is 24.0 Å². The minimum absolute atomic E-state index is 0. The summed E-state index contributed by atoms with van der Waals surface area (Å²) in [5.41, 5.74) is 4.35. The van der Waals surface area contributed by atoms with Crippen LogP contribution in [-0.4, -0.2) is 71.0 Å². The molecule has 10 heteroatoms. The maximum Gasteiger partial charge on any atom is 0.403 e. The molecule has 2 aromatic rings. The third-order valence-corrected chi connectivity index (χ3v) is 5.98. The third kappa shape index (κ3) is 6.37. The second-order valence-electron chi connectivity index (χ2n) is 7.93. The number of rotatable bonds is 5. The van der Waals surface area contributed by atoms with Crippen LogP contribution in [0.2, 0.25) is 0 Å². The fraction of sp³-hybridized carbons (Fsp3) is 0.545. The molecule has 3 rings (SSSR count). The first kappa shape index (κ1) is 26.4.